The van der Waals surface area contributed by atoms with E-state index in [9.17, 15) is 8.42 Å². The minimum atomic E-state index is -3.62. The highest BCUT2D eigenvalue weighted by Crippen LogP contribution is 2.32. The summed E-state index contributed by atoms with van der Waals surface area (Å²) in [6.07, 6.45) is 1.56. The van der Waals surface area contributed by atoms with E-state index in [2.05, 4.69) is 25.6 Å². The molecule has 4 nitrogen and oxygen atoms in total. The number of anilines is 1. The first-order valence-electron chi connectivity index (χ1n) is 4.79. The normalized spacial score (nSPS) is 11.5. The average molecular weight is 368 g/mol. The Morgan fingerprint density at radius 3 is 2.78 bits per heavy atom. The Balaban J connectivity index is 2.36. The molecule has 0 radical (unpaired) electrons. The van der Waals surface area contributed by atoms with Crippen LogP contribution in [0.25, 0.3) is 0 Å². The number of nitrogens with zero attached hydrogens (tertiary/aromatic N) is 1. The molecule has 2 aromatic heterocycles. The molecule has 2 rings (SSSR count). The van der Waals surface area contributed by atoms with Crippen molar-refractivity contribution in [3.8, 4) is 0 Å². The lowest BCUT2D eigenvalue weighted by Gasteiger charge is -2.06. The van der Waals surface area contributed by atoms with Crippen LogP contribution >= 0.6 is 38.9 Å². The lowest BCUT2D eigenvalue weighted by molar-refractivity contribution is 0.603. The van der Waals surface area contributed by atoms with E-state index >= 15 is 0 Å². The SMILES string of the molecule is Cc1cc(S(=O)(=O)Nc2cccnc2Br)sc1Cl. The standard InChI is InChI=1S/C10H8BrClN2O2S2/c1-6-5-8(17-10(6)12)18(15,16)14-7-3-2-4-13-9(7)11/h2-5,14H,1H3. The average Bonchev–Trinajstić information content (AvgIpc) is 2.63. The van der Waals surface area contributed by atoms with Crippen LogP contribution in [-0.2, 0) is 10.0 Å². The zero-order valence-electron chi connectivity index (χ0n) is 9.15. The summed E-state index contributed by atoms with van der Waals surface area (Å²) in [5.41, 5.74) is 1.13. The lowest BCUT2D eigenvalue weighted by atomic mass is 10.4. The van der Waals surface area contributed by atoms with Crippen molar-refractivity contribution in [2.24, 2.45) is 0 Å². The third kappa shape index (κ3) is 2.85. The van der Waals surface area contributed by atoms with Gasteiger partial charge in [-0.3, -0.25) is 4.72 Å². The van der Waals surface area contributed by atoms with Crippen LogP contribution in [0.15, 0.2) is 33.2 Å². The Morgan fingerprint density at radius 1 is 1.50 bits per heavy atom. The van der Waals surface area contributed by atoms with Gasteiger partial charge in [-0.1, -0.05) is 11.6 Å². The van der Waals surface area contributed by atoms with Crippen LogP contribution < -0.4 is 4.72 Å². The number of rotatable bonds is 3. The second-order valence-electron chi connectivity index (χ2n) is 3.47. The monoisotopic (exact) mass is 366 g/mol. The van der Waals surface area contributed by atoms with Gasteiger partial charge in [0.25, 0.3) is 10.0 Å². The summed E-state index contributed by atoms with van der Waals surface area (Å²) in [6.45, 7) is 1.76. The fourth-order valence-electron chi connectivity index (χ4n) is 1.22. The molecule has 0 saturated heterocycles. The number of thiophene rings is 1. The van der Waals surface area contributed by atoms with E-state index in [1.807, 2.05) is 0 Å². The first kappa shape index (κ1) is 13.8. The van der Waals surface area contributed by atoms with Gasteiger partial charge >= 0.3 is 0 Å². The van der Waals surface area contributed by atoms with Crippen molar-refractivity contribution in [1.82, 2.24) is 4.98 Å². The van der Waals surface area contributed by atoms with Crippen LogP contribution in [0.4, 0.5) is 5.69 Å². The first-order chi connectivity index (χ1) is 8.40. The molecule has 0 aliphatic rings. The van der Waals surface area contributed by atoms with E-state index in [0.717, 1.165) is 16.9 Å². The fraction of sp³-hybridized carbons (Fsp3) is 0.100. The summed E-state index contributed by atoms with van der Waals surface area (Å²) in [4.78, 5) is 3.95. The van der Waals surface area contributed by atoms with Gasteiger partial charge in [0.2, 0.25) is 0 Å². The van der Waals surface area contributed by atoms with Crippen LogP contribution in [-0.4, -0.2) is 13.4 Å². The van der Waals surface area contributed by atoms with Crippen molar-refractivity contribution in [1.29, 1.82) is 0 Å². The van der Waals surface area contributed by atoms with E-state index in [0.29, 0.717) is 14.6 Å². The van der Waals surface area contributed by atoms with Crippen LogP contribution in [0.1, 0.15) is 5.56 Å². The molecule has 8 heteroatoms. The van der Waals surface area contributed by atoms with Gasteiger partial charge in [-0.2, -0.15) is 0 Å². The quantitative estimate of drug-likeness (QED) is 0.842. The van der Waals surface area contributed by atoms with Gasteiger partial charge in [0.05, 0.1) is 10.0 Å². The Hall–Kier alpha value is -0.630. The predicted octanol–water partition coefficient (Wildman–Crippen LogP) is 3.67. The molecule has 0 aliphatic heterocycles. The van der Waals surface area contributed by atoms with E-state index in [1.165, 1.54) is 0 Å². The number of pyridine rings is 1. The molecule has 0 unspecified atom stereocenters. The highest BCUT2D eigenvalue weighted by atomic mass is 79.9. The van der Waals surface area contributed by atoms with Crippen LogP contribution in [0.2, 0.25) is 4.34 Å². The molecule has 2 heterocycles. The summed E-state index contributed by atoms with van der Waals surface area (Å²) < 4.78 is 27.8. The molecular weight excluding hydrogens is 360 g/mol. The third-order valence-corrected chi connectivity index (χ3v) is 6.13. The summed E-state index contributed by atoms with van der Waals surface area (Å²) in [7, 11) is -3.62. The maximum Gasteiger partial charge on any atom is 0.271 e. The van der Waals surface area contributed by atoms with Crippen molar-refractivity contribution in [2.45, 2.75) is 11.1 Å². The van der Waals surface area contributed by atoms with E-state index in [1.54, 1.807) is 31.3 Å². The number of halogens is 2. The number of hydrogen-bond donors (Lipinski definition) is 1. The number of aryl methyl sites for hydroxylation is 1. The fourth-order valence-corrected chi connectivity index (χ4v) is 4.48. The number of aromatic nitrogens is 1. The first-order valence-corrected chi connectivity index (χ1v) is 8.26. The Bertz CT molecular complexity index is 665. The number of nitrogens with one attached hydrogen (secondary N) is 1. The lowest BCUT2D eigenvalue weighted by Crippen LogP contribution is -2.12. The van der Waals surface area contributed by atoms with Crippen LogP contribution in [0, 0.1) is 6.92 Å². The van der Waals surface area contributed by atoms with Crippen LogP contribution in [0.3, 0.4) is 0 Å². The number of sulfonamides is 1. The highest BCUT2D eigenvalue weighted by molar-refractivity contribution is 9.10. The molecule has 0 atom stereocenters. The molecule has 0 fully saturated rings. The van der Waals surface area contributed by atoms with Crippen LogP contribution in [0.5, 0.6) is 0 Å². The third-order valence-electron chi connectivity index (χ3n) is 2.10. The Kier molecular flexibility index (Phi) is 3.96. The molecule has 0 aromatic carbocycles. The summed E-state index contributed by atoms with van der Waals surface area (Å²) in [5.74, 6) is 0. The molecule has 0 aliphatic carbocycles. The molecule has 0 bridgehead atoms. The zero-order valence-corrected chi connectivity index (χ0v) is 13.1. The van der Waals surface area contributed by atoms with Crippen molar-refractivity contribution >= 4 is 54.6 Å². The Labute approximate surface area is 122 Å². The van der Waals surface area contributed by atoms with Gasteiger partial charge in [-0.15, -0.1) is 11.3 Å². The van der Waals surface area contributed by atoms with Gasteiger partial charge in [0.1, 0.15) is 8.81 Å². The molecule has 96 valence electrons. The largest absolute Gasteiger partial charge is 0.276 e. The molecule has 2 aromatic rings. The second-order valence-corrected chi connectivity index (χ2v) is 7.78. The molecule has 0 spiro atoms. The van der Waals surface area contributed by atoms with Crippen molar-refractivity contribution in [3.05, 3.63) is 38.9 Å². The van der Waals surface area contributed by atoms with E-state index in [-0.39, 0.29) is 4.21 Å². The molecule has 0 amide bonds. The molecule has 18 heavy (non-hydrogen) atoms. The predicted molar refractivity (Wildman–Crippen MR) is 76.8 cm³/mol. The van der Waals surface area contributed by atoms with E-state index < -0.39 is 10.0 Å². The maximum absolute atomic E-state index is 12.1. The summed E-state index contributed by atoms with van der Waals surface area (Å²) in [6, 6.07) is 4.81. The smallest absolute Gasteiger partial charge is 0.271 e. The summed E-state index contributed by atoms with van der Waals surface area (Å²) in [5, 5.41) is 0. The van der Waals surface area contributed by atoms with Crippen molar-refractivity contribution in [3.63, 3.8) is 0 Å². The van der Waals surface area contributed by atoms with Gasteiger partial charge in [-0.25, -0.2) is 13.4 Å². The topological polar surface area (TPSA) is 59.1 Å². The minimum absolute atomic E-state index is 0.181. The van der Waals surface area contributed by atoms with E-state index in [4.69, 9.17) is 11.6 Å². The van der Waals surface area contributed by atoms with Gasteiger partial charge in [0.15, 0.2) is 0 Å². The minimum Gasteiger partial charge on any atom is -0.276 e. The molecular formula is C10H8BrClN2O2S2. The zero-order chi connectivity index (χ0) is 13.3. The van der Waals surface area contributed by atoms with Gasteiger partial charge in [0, 0.05) is 6.20 Å². The highest BCUT2D eigenvalue weighted by Gasteiger charge is 2.19. The molecule has 1 N–H and O–H groups in total. The van der Waals surface area contributed by atoms with Gasteiger partial charge < -0.3 is 0 Å². The molecule has 0 saturated carbocycles. The second kappa shape index (κ2) is 5.16. The van der Waals surface area contributed by atoms with Gasteiger partial charge in [-0.05, 0) is 46.6 Å². The Morgan fingerprint density at radius 2 is 2.22 bits per heavy atom. The van der Waals surface area contributed by atoms with Crippen molar-refractivity contribution in [2.75, 3.05) is 4.72 Å². The maximum atomic E-state index is 12.1. The number of hydrogen-bond acceptors (Lipinski definition) is 4. The van der Waals surface area contributed by atoms with Crippen molar-refractivity contribution < 1.29 is 8.42 Å². The summed E-state index contributed by atoms with van der Waals surface area (Å²) >= 11 is 10.1.